The van der Waals surface area contributed by atoms with Crippen LogP contribution < -0.4 is 4.90 Å². The number of amides is 3. The molecule has 0 saturated carbocycles. The van der Waals surface area contributed by atoms with Gasteiger partial charge in [0.25, 0.3) is 11.7 Å². The summed E-state index contributed by atoms with van der Waals surface area (Å²) in [6.45, 7) is 0. The van der Waals surface area contributed by atoms with Crippen LogP contribution in [0.5, 0.6) is 0 Å². The summed E-state index contributed by atoms with van der Waals surface area (Å²) in [4.78, 5) is 25.7. The van der Waals surface area contributed by atoms with Crippen molar-refractivity contribution in [1.29, 1.82) is 0 Å². The van der Waals surface area contributed by atoms with Crippen LogP contribution in [0.3, 0.4) is 0 Å². The van der Waals surface area contributed by atoms with Gasteiger partial charge in [0.05, 0.1) is 5.69 Å². The number of benzene rings is 2. The number of rotatable bonds is 4. The van der Waals surface area contributed by atoms with Crippen LogP contribution >= 0.6 is 11.8 Å². The van der Waals surface area contributed by atoms with Crippen molar-refractivity contribution in [3.8, 4) is 0 Å². The molecule has 10 heteroatoms. The maximum absolute atomic E-state index is 14.2. The van der Waals surface area contributed by atoms with Gasteiger partial charge >= 0.3 is 6.03 Å². The summed E-state index contributed by atoms with van der Waals surface area (Å²) in [6, 6.07) is 4.78. The molecule has 0 aliphatic carbocycles. The zero-order chi connectivity index (χ0) is 20.3. The first-order valence-electron chi connectivity index (χ1n) is 7.37. The molecule has 2 aromatic carbocycles. The minimum absolute atomic E-state index is 0.0510. The van der Waals surface area contributed by atoms with E-state index in [2.05, 4.69) is 0 Å². The average Bonchev–Trinajstić information content (AvgIpc) is 2.59. The van der Waals surface area contributed by atoms with Gasteiger partial charge in [-0.1, -0.05) is 17.8 Å². The monoisotopic (exact) mass is 404 g/mol. The van der Waals surface area contributed by atoms with Crippen molar-refractivity contribution < 1.29 is 31.5 Å². The molecule has 0 saturated heterocycles. The summed E-state index contributed by atoms with van der Waals surface area (Å²) >= 11 is 0.128. The minimum atomic E-state index is -2.74. The summed E-state index contributed by atoms with van der Waals surface area (Å²) in [5.41, 5.74) is -1.22. The summed E-state index contributed by atoms with van der Waals surface area (Å²) < 4.78 is 66.3. The number of hydrogen-bond acceptors (Lipinski definition) is 3. The van der Waals surface area contributed by atoms with Crippen LogP contribution in [0.15, 0.2) is 41.3 Å². The maximum Gasteiger partial charge on any atom is 0.331 e. The Kier molecular flexibility index (Phi) is 6.42. The maximum atomic E-state index is 14.2. The third-order valence-corrected chi connectivity index (χ3v) is 4.27. The highest BCUT2D eigenvalue weighted by Crippen LogP contribution is 2.29. The molecule has 3 amide bonds. The van der Waals surface area contributed by atoms with Crippen LogP contribution in [-0.2, 0) is 0 Å². The fraction of sp³-hybridized carbons (Fsp3) is 0.176. The topological polar surface area (TPSA) is 40.6 Å². The summed E-state index contributed by atoms with van der Waals surface area (Å²) in [6.07, 6.45) is 0. The van der Waals surface area contributed by atoms with Crippen LogP contribution in [0.25, 0.3) is 0 Å². The van der Waals surface area contributed by atoms with Crippen LogP contribution in [0, 0.1) is 17.5 Å². The van der Waals surface area contributed by atoms with Crippen molar-refractivity contribution in [3.05, 3.63) is 59.4 Å². The van der Waals surface area contributed by atoms with Gasteiger partial charge in [0.2, 0.25) is 0 Å². The molecule has 0 fully saturated rings. The van der Waals surface area contributed by atoms with Gasteiger partial charge in [-0.05, 0) is 30.3 Å². The van der Waals surface area contributed by atoms with Crippen molar-refractivity contribution in [3.63, 3.8) is 0 Å². The van der Waals surface area contributed by atoms with E-state index in [1.165, 1.54) is 6.07 Å². The van der Waals surface area contributed by atoms with Gasteiger partial charge < -0.3 is 0 Å². The first kappa shape index (κ1) is 20.7. The molecule has 0 unspecified atom stereocenters. The molecule has 144 valence electrons. The van der Waals surface area contributed by atoms with Gasteiger partial charge in [0.1, 0.15) is 23.0 Å². The number of alkyl halides is 2. The van der Waals surface area contributed by atoms with Crippen LogP contribution in [-0.4, -0.2) is 36.7 Å². The van der Waals surface area contributed by atoms with Gasteiger partial charge in [-0.3, -0.25) is 14.6 Å². The third kappa shape index (κ3) is 4.57. The van der Waals surface area contributed by atoms with Crippen LogP contribution in [0.1, 0.15) is 10.4 Å². The second-order valence-corrected chi connectivity index (χ2v) is 6.36. The molecular weight excluding hydrogens is 391 g/mol. The summed E-state index contributed by atoms with van der Waals surface area (Å²) in [7, 11) is 2.11. The van der Waals surface area contributed by atoms with E-state index < -0.39 is 40.7 Å². The number of imide groups is 1. The number of anilines is 1. The predicted molar refractivity (Wildman–Crippen MR) is 90.5 cm³/mol. The quantitative estimate of drug-likeness (QED) is 0.546. The fourth-order valence-corrected chi connectivity index (χ4v) is 2.74. The SMILES string of the molecule is CN(C(=O)c1c(F)cccc1F)C(=O)N(C)c1ccc(SC(F)F)cc1F. The molecule has 0 spiro atoms. The van der Waals surface area contributed by atoms with Gasteiger partial charge in [-0.2, -0.15) is 8.78 Å². The zero-order valence-electron chi connectivity index (χ0n) is 14.1. The number of halogens is 5. The first-order chi connectivity index (χ1) is 12.6. The highest BCUT2D eigenvalue weighted by atomic mass is 32.2. The molecule has 4 nitrogen and oxygen atoms in total. The Morgan fingerprint density at radius 1 is 0.963 bits per heavy atom. The van der Waals surface area contributed by atoms with Crippen molar-refractivity contribution in [1.82, 2.24) is 4.90 Å². The lowest BCUT2D eigenvalue weighted by molar-refractivity contribution is 0.0827. The largest absolute Gasteiger partial charge is 0.331 e. The molecule has 27 heavy (non-hydrogen) atoms. The molecular formula is C17H13F5N2O2S. The van der Waals surface area contributed by atoms with Gasteiger partial charge in [-0.15, -0.1) is 0 Å². The smallest absolute Gasteiger partial charge is 0.294 e. The molecule has 0 aliphatic rings. The predicted octanol–water partition coefficient (Wildman–Crippen LogP) is 4.75. The van der Waals surface area contributed by atoms with Gasteiger partial charge in [-0.25, -0.2) is 18.0 Å². The second-order valence-electron chi connectivity index (χ2n) is 5.29. The van der Waals surface area contributed by atoms with Crippen molar-refractivity contribution in [2.24, 2.45) is 0 Å². The van der Waals surface area contributed by atoms with E-state index in [4.69, 9.17) is 0 Å². The Labute approximate surface area is 155 Å². The number of hydrogen-bond donors (Lipinski definition) is 0. The number of thioether (sulfide) groups is 1. The van der Waals surface area contributed by atoms with E-state index in [-0.39, 0.29) is 22.3 Å². The van der Waals surface area contributed by atoms with E-state index in [0.717, 1.165) is 49.3 Å². The number of carbonyl (C=O) groups is 2. The molecule has 2 aromatic rings. The molecule has 0 heterocycles. The Morgan fingerprint density at radius 3 is 2.07 bits per heavy atom. The molecule has 0 N–H and O–H groups in total. The zero-order valence-corrected chi connectivity index (χ0v) is 14.9. The normalized spacial score (nSPS) is 10.8. The van der Waals surface area contributed by atoms with Gasteiger partial charge in [0.15, 0.2) is 0 Å². The lowest BCUT2D eigenvalue weighted by Gasteiger charge is -2.24. The second kappa shape index (κ2) is 8.38. The molecule has 0 atom stereocenters. The van der Waals surface area contributed by atoms with E-state index >= 15 is 0 Å². The molecule has 0 radical (unpaired) electrons. The van der Waals surface area contributed by atoms with Crippen LogP contribution in [0.4, 0.5) is 32.4 Å². The Balaban J connectivity index is 2.25. The lowest BCUT2D eigenvalue weighted by Crippen LogP contribution is -2.43. The van der Waals surface area contributed by atoms with Crippen molar-refractivity contribution in [2.75, 3.05) is 19.0 Å². The highest BCUT2D eigenvalue weighted by molar-refractivity contribution is 7.99. The molecule has 0 aliphatic heterocycles. The van der Waals surface area contributed by atoms with Crippen LogP contribution in [0.2, 0.25) is 0 Å². The van der Waals surface area contributed by atoms with E-state index in [1.807, 2.05) is 0 Å². The van der Waals surface area contributed by atoms with Crippen molar-refractivity contribution >= 4 is 29.4 Å². The molecule has 0 bridgehead atoms. The lowest BCUT2D eigenvalue weighted by atomic mass is 10.1. The Bertz CT molecular complexity index is 858. The van der Waals surface area contributed by atoms with E-state index in [0.29, 0.717) is 4.90 Å². The molecule has 2 rings (SSSR count). The highest BCUT2D eigenvalue weighted by Gasteiger charge is 2.28. The number of urea groups is 1. The standard InChI is InChI=1S/C17H13F5N2O2S/c1-23(13-7-6-9(8-12(13)20)27-16(21)22)17(26)24(2)15(25)14-10(18)4-3-5-11(14)19/h3-8,16H,1-2H3. The number of nitrogens with zero attached hydrogens (tertiary/aromatic N) is 2. The third-order valence-electron chi connectivity index (χ3n) is 3.56. The van der Waals surface area contributed by atoms with Gasteiger partial charge in [0, 0.05) is 19.0 Å². The number of carbonyl (C=O) groups excluding carboxylic acids is 2. The molecule has 0 aromatic heterocycles. The van der Waals surface area contributed by atoms with E-state index in [1.54, 1.807) is 0 Å². The average molecular weight is 404 g/mol. The Morgan fingerprint density at radius 2 is 1.56 bits per heavy atom. The first-order valence-corrected chi connectivity index (χ1v) is 8.25. The Hall–Kier alpha value is -2.62. The minimum Gasteiger partial charge on any atom is -0.294 e. The summed E-state index contributed by atoms with van der Waals surface area (Å²) in [5, 5.41) is 0. The summed E-state index contributed by atoms with van der Waals surface area (Å²) in [5.74, 6) is -7.28. The fourth-order valence-electron chi connectivity index (χ4n) is 2.22. The van der Waals surface area contributed by atoms with Crippen molar-refractivity contribution in [2.45, 2.75) is 10.7 Å². The van der Waals surface area contributed by atoms with E-state index in [9.17, 15) is 31.5 Å².